The highest BCUT2D eigenvalue weighted by molar-refractivity contribution is 5.98. The normalized spacial score (nSPS) is 15.3. The van der Waals surface area contributed by atoms with Gasteiger partial charge in [0.15, 0.2) is 0 Å². The molecule has 0 saturated heterocycles. The van der Waals surface area contributed by atoms with Crippen LogP contribution in [-0.2, 0) is 47.9 Å². The van der Waals surface area contributed by atoms with Crippen molar-refractivity contribution in [3.63, 3.8) is 0 Å². The Morgan fingerprint density at radius 3 is 1.38 bits per heavy atom. The maximum Gasteiger partial charge on any atom is 0.328 e. The standard InChI is InChI=1S/C27H46N10O15/c1-10(31-18(43)5-28)21(45)34-14(7-38)24(48)33-13(4-17(29)42)23(47)35-15(8-39)25(49)37-20(12(3)41)26(50)30-6-19(44)32-11(2)22(46)36-16(9-40)27(51)52/h10-16,20,38-41H,4-9,28H2,1-3H3,(H2,29,42)(H,30,50)(H,31,43)(H,32,44)(H,33,48)(H,34,45)(H,35,47)(H,36,46)(H,37,49)(H,51,52)/t10-,11-,12+,13-,14-,15-,16-,20-/m0/s1. The summed E-state index contributed by atoms with van der Waals surface area (Å²) in [5.74, 6) is -11.2. The highest BCUT2D eigenvalue weighted by Crippen LogP contribution is 2.00. The summed E-state index contributed by atoms with van der Waals surface area (Å²) < 4.78 is 0. The molecular formula is C27H46N10O15. The molecule has 9 amide bonds. The summed E-state index contributed by atoms with van der Waals surface area (Å²) >= 11 is 0. The van der Waals surface area contributed by atoms with Crippen LogP contribution >= 0.6 is 0 Å². The molecule has 0 bridgehead atoms. The van der Waals surface area contributed by atoms with Crippen molar-refractivity contribution < 1.29 is 73.5 Å². The Bertz CT molecular complexity index is 1330. The van der Waals surface area contributed by atoms with Gasteiger partial charge in [-0.3, -0.25) is 43.2 Å². The van der Waals surface area contributed by atoms with Gasteiger partial charge in [0, 0.05) is 0 Å². The number of carbonyl (C=O) groups is 10. The third-order valence-electron chi connectivity index (χ3n) is 6.68. The summed E-state index contributed by atoms with van der Waals surface area (Å²) in [5.41, 5.74) is 10.3. The summed E-state index contributed by atoms with van der Waals surface area (Å²) in [6.07, 6.45) is -2.52. The number of amides is 9. The van der Waals surface area contributed by atoms with Crippen LogP contribution in [0.4, 0.5) is 0 Å². The van der Waals surface area contributed by atoms with E-state index in [0.717, 1.165) is 6.92 Å². The first-order valence-electron chi connectivity index (χ1n) is 15.3. The van der Waals surface area contributed by atoms with Crippen LogP contribution in [-0.4, -0.2) is 166 Å². The highest BCUT2D eigenvalue weighted by atomic mass is 16.4. The van der Waals surface area contributed by atoms with Gasteiger partial charge in [-0.15, -0.1) is 0 Å². The fourth-order valence-corrected chi connectivity index (χ4v) is 3.78. The van der Waals surface area contributed by atoms with Crippen molar-refractivity contribution in [3.05, 3.63) is 0 Å². The lowest BCUT2D eigenvalue weighted by Crippen LogP contribution is -2.61. The SMILES string of the molecule is C[C@H](NC(=O)CNC(=O)[C@@H](NC(=O)[C@H](CO)NC(=O)[C@H](CC(N)=O)NC(=O)[C@H](CO)NC(=O)[C@H](C)NC(=O)CN)[C@@H](C)O)C(=O)N[C@@H](CO)C(=O)O. The predicted molar refractivity (Wildman–Crippen MR) is 171 cm³/mol. The van der Waals surface area contributed by atoms with Crippen LogP contribution in [0.25, 0.3) is 0 Å². The Morgan fingerprint density at radius 2 is 0.962 bits per heavy atom. The number of aliphatic hydroxyl groups is 4. The maximum atomic E-state index is 13.0. The van der Waals surface area contributed by atoms with E-state index in [1.807, 2.05) is 16.0 Å². The zero-order valence-electron chi connectivity index (χ0n) is 28.3. The fraction of sp³-hybridized carbons (Fsp3) is 0.630. The lowest BCUT2D eigenvalue weighted by Gasteiger charge is -2.26. The Balaban J connectivity index is 5.51. The zero-order valence-corrected chi connectivity index (χ0v) is 28.3. The average Bonchev–Trinajstić information content (AvgIpc) is 3.07. The minimum atomic E-state index is -1.88. The van der Waals surface area contributed by atoms with E-state index in [-0.39, 0.29) is 0 Å². The number of carbonyl (C=O) groups excluding carboxylic acids is 9. The monoisotopic (exact) mass is 750 g/mol. The van der Waals surface area contributed by atoms with Gasteiger partial charge < -0.3 is 79.5 Å². The summed E-state index contributed by atoms with van der Waals surface area (Å²) in [6, 6.07) is -11.4. The second-order valence-electron chi connectivity index (χ2n) is 11.0. The molecule has 294 valence electrons. The van der Waals surface area contributed by atoms with Crippen LogP contribution in [0.1, 0.15) is 27.2 Å². The number of nitrogens with one attached hydrogen (secondary N) is 8. The molecule has 0 aromatic heterocycles. The molecule has 25 nitrogen and oxygen atoms in total. The topological polar surface area (TPSA) is 420 Å². The number of carboxylic acid groups (broad SMARTS) is 1. The number of carboxylic acids is 1. The predicted octanol–water partition coefficient (Wildman–Crippen LogP) is -10.2. The number of aliphatic carboxylic acids is 1. The van der Waals surface area contributed by atoms with Gasteiger partial charge in [0.2, 0.25) is 53.2 Å². The minimum Gasteiger partial charge on any atom is -0.480 e. The molecule has 0 spiro atoms. The second kappa shape index (κ2) is 23.1. The van der Waals surface area contributed by atoms with Crippen LogP contribution in [0.15, 0.2) is 0 Å². The van der Waals surface area contributed by atoms with Crippen LogP contribution in [0.2, 0.25) is 0 Å². The first-order chi connectivity index (χ1) is 24.2. The first-order valence-corrected chi connectivity index (χ1v) is 15.3. The number of hydrogen-bond acceptors (Lipinski definition) is 15. The van der Waals surface area contributed by atoms with E-state index in [2.05, 4.69) is 26.6 Å². The molecule has 0 saturated carbocycles. The van der Waals surface area contributed by atoms with E-state index < -0.39 is 147 Å². The van der Waals surface area contributed by atoms with Crippen molar-refractivity contribution in [3.8, 4) is 0 Å². The summed E-state index contributed by atoms with van der Waals surface area (Å²) in [6.45, 7) is -0.864. The van der Waals surface area contributed by atoms with Crippen LogP contribution in [0.3, 0.4) is 0 Å². The molecule has 17 N–H and O–H groups in total. The molecule has 0 aliphatic heterocycles. The van der Waals surface area contributed by atoms with Crippen molar-refractivity contribution in [1.82, 2.24) is 42.5 Å². The van der Waals surface area contributed by atoms with E-state index in [1.54, 1.807) is 0 Å². The van der Waals surface area contributed by atoms with Gasteiger partial charge in [-0.05, 0) is 20.8 Å². The highest BCUT2D eigenvalue weighted by Gasteiger charge is 2.34. The zero-order chi connectivity index (χ0) is 40.3. The lowest BCUT2D eigenvalue weighted by atomic mass is 10.1. The quantitative estimate of drug-likeness (QED) is 0.0461. The fourth-order valence-electron chi connectivity index (χ4n) is 3.78. The molecule has 25 heteroatoms. The summed E-state index contributed by atoms with van der Waals surface area (Å²) in [4.78, 5) is 122. The number of aliphatic hydroxyl groups excluding tert-OH is 4. The summed E-state index contributed by atoms with van der Waals surface area (Å²) in [7, 11) is 0. The van der Waals surface area contributed by atoms with Crippen LogP contribution in [0.5, 0.6) is 0 Å². The Kier molecular flexibility index (Phi) is 20.6. The largest absolute Gasteiger partial charge is 0.480 e. The first kappa shape index (κ1) is 46.5. The Labute approximate surface area is 295 Å². The Hall–Kier alpha value is -5.50. The van der Waals surface area contributed by atoms with E-state index >= 15 is 0 Å². The van der Waals surface area contributed by atoms with Gasteiger partial charge in [-0.25, -0.2) is 4.79 Å². The molecule has 0 heterocycles. The van der Waals surface area contributed by atoms with Crippen molar-refractivity contribution >= 4 is 59.1 Å². The molecule has 8 atom stereocenters. The van der Waals surface area contributed by atoms with Gasteiger partial charge >= 0.3 is 5.97 Å². The molecule has 0 rings (SSSR count). The smallest absolute Gasteiger partial charge is 0.328 e. The Morgan fingerprint density at radius 1 is 0.558 bits per heavy atom. The van der Waals surface area contributed by atoms with Gasteiger partial charge in [0.05, 0.1) is 45.4 Å². The molecule has 0 radical (unpaired) electrons. The number of hydrogen-bond donors (Lipinski definition) is 15. The third kappa shape index (κ3) is 16.5. The molecule has 0 aromatic rings. The number of primary amides is 1. The van der Waals surface area contributed by atoms with Crippen molar-refractivity contribution in [2.24, 2.45) is 11.5 Å². The van der Waals surface area contributed by atoms with Crippen molar-refractivity contribution in [1.29, 1.82) is 0 Å². The molecule has 0 aliphatic carbocycles. The molecule has 0 fully saturated rings. The maximum absolute atomic E-state index is 13.0. The van der Waals surface area contributed by atoms with Crippen molar-refractivity contribution in [2.45, 2.75) is 75.6 Å². The van der Waals surface area contributed by atoms with Gasteiger partial charge in [-0.2, -0.15) is 0 Å². The van der Waals surface area contributed by atoms with Gasteiger partial charge in [0.1, 0.15) is 42.3 Å². The van der Waals surface area contributed by atoms with E-state index in [1.165, 1.54) is 13.8 Å². The number of rotatable bonds is 23. The lowest BCUT2D eigenvalue weighted by molar-refractivity contribution is -0.143. The van der Waals surface area contributed by atoms with Gasteiger partial charge in [-0.1, -0.05) is 0 Å². The molecular weight excluding hydrogens is 704 g/mol. The average molecular weight is 751 g/mol. The van der Waals surface area contributed by atoms with E-state index in [4.69, 9.17) is 21.7 Å². The number of nitrogens with two attached hydrogens (primary N) is 2. The second-order valence-corrected chi connectivity index (χ2v) is 11.0. The van der Waals surface area contributed by atoms with E-state index in [0.29, 0.717) is 0 Å². The van der Waals surface area contributed by atoms with Crippen molar-refractivity contribution in [2.75, 3.05) is 32.9 Å². The summed E-state index contributed by atoms with van der Waals surface area (Å²) in [5, 5.41) is 64.0. The molecule has 52 heavy (non-hydrogen) atoms. The molecule has 0 aromatic carbocycles. The van der Waals surface area contributed by atoms with Gasteiger partial charge in [0.25, 0.3) is 0 Å². The molecule has 0 unspecified atom stereocenters. The third-order valence-corrected chi connectivity index (χ3v) is 6.68. The minimum absolute atomic E-state index is 0.445. The van der Waals surface area contributed by atoms with E-state index in [9.17, 15) is 63.3 Å². The van der Waals surface area contributed by atoms with Crippen LogP contribution < -0.4 is 54.0 Å². The molecule has 0 aliphatic rings. The van der Waals surface area contributed by atoms with Crippen LogP contribution in [0, 0.1) is 0 Å².